The molecular weight excluding hydrogens is 336 g/mol. The van der Waals surface area contributed by atoms with Crippen molar-refractivity contribution in [3.05, 3.63) is 39.6 Å². The van der Waals surface area contributed by atoms with Gasteiger partial charge in [-0.1, -0.05) is 0 Å². The van der Waals surface area contributed by atoms with Crippen LogP contribution in [0.3, 0.4) is 0 Å². The molecule has 110 valence electrons. The lowest BCUT2D eigenvalue weighted by Crippen LogP contribution is -1.99. The van der Waals surface area contributed by atoms with Crippen molar-refractivity contribution < 1.29 is 9.84 Å². The molecular formula is C14H15BrN4O2. The summed E-state index contributed by atoms with van der Waals surface area (Å²) in [6.07, 6.45) is 1.59. The van der Waals surface area contributed by atoms with Gasteiger partial charge in [0.1, 0.15) is 0 Å². The molecule has 0 saturated carbocycles. The number of hydrazone groups is 1. The highest BCUT2D eigenvalue weighted by Crippen LogP contribution is 2.34. The van der Waals surface area contributed by atoms with Crippen LogP contribution in [0.15, 0.2) is 27.8 Å². The second-order valence-corrected chi connectivity index (χ2v) is 5.25. The summed E-state index contributed by atoms with van der Waals surface area (Å²) < 4.78 is 5.61. The third kappa shape index (κ3) is 3.91. The standard InChI is InChI=1S/C14H15BrN4O2/c1-8-4-9(2)18-14(17-8)19-16-7-10-5-11(15)13(20)12(6-10)21-3/h4-7,20H,1-3H3,(H,17,18,19). The van der Waals surface area contributed by atoms with Crippen LogP contribution in [0.4, 0.5) is 5.95 Å². The first-order valence-electron chi connectivity index (χ1n) is 6.17. The third-order valence-corrected chi connectivity index (χ3v) is 3.24. The number of halogens is 1. The number of phenolic OH excluding ortho intramolecular Hbond substituents is 1. The highest BCUT2D eigenvalue weighted by Gasteiger charge is 2.07. The van der Waals surface area contributed by atoms with Gasteiger partial charge in [0, 0.05) is 11.4 Å². The Labute approximate surface area is 131 Å². The number of anilines is 1. The van der Waals surface area contributed by atoms with Crippen molar-refractivity contribution in [2.75, 3.05) is 12.5 Å². The highest BCUT2D eigenvalue weighted by atomic mass is 79.9. The van der Waals surface area contributed by atoms with Gasteiger partial charge >= 0.3 is 0 Å². The van der Waals surface area contributed by atoms with Crippen LogP contribution < -0.4 is 10.2 Å². The fourth-order valence-electron chi connectivity index (χ4n) is 1.76. The molecule has 0 amide bonds. The molecule has 0 radical (unpaired) electrons. The van der Waals surface area contributed by atoms with E-state index in [-0.39, 0.29) is 5.75 Å². The van der Waals surface area contributed by atoms with E-state index in [0.717, 1.165) is 17.0 Å². The van der Waals surface area contributed by atoms with Crippen molar-refractivity contribution in [3.8, 4) is 11.5 Å². The molecule has 2 N–H and O–H groups in total. The predicted molar refractivity (Wildman–Crippen MR) is 85.1 cm³/mol. The molecule has 0 atom stereocenters. The number of benzene rings is 1. The first kappa shape index (κ1) is 15.2. The van der Waals surface area contributed by atoms with Crippen LogP contribution >= 0.6 is 15.9 Å². The Kier molecular flexibility index (Phi) is 4.74. The van der Waals surface area contributed by atoms with Gasteiger partial charge in [0.2, 0.25) is 5.95 Å². The van der Waals surface area contributed by atoms with Gasteiger partial charge in [0.25, 0.3) is 0 Å². The second-order valence-electron chi connectivity index (χ2n) is 4.40. The van der Waals surface area contributed by atoms with E-state index in [1.165, 1.54) is 7.11 Å². The minimum atomic E-state index is 0.0558. The number of phenols is 1. The van der Waals surface area contributed by atoms with Gasteiger partial charge in [-0.3, -0.25) is 0 Å². The predicted octanol–water partition coefficient (Wildman–Crippen LogP) is 3.02. The molecule has 1 heterocycles. The zero-order valence-corrected chi connectivity index (χ0v) is 13.5. The monoisotopic (exact) mass is 350 g/mol. The molecule has 0 unspecified atom stereocenters. The van der Waals surface area contributed by atoms with Crippen molar-refractivity contribution in [3.63, 3.8) is 0 Å². The number of aromatic nitrogens is 2. The summed E-state index contributed by atoms with van der Waals surface area (Å²) in [7, 11) is 1.49. The summed E-state index contributed by atoms with van der Waals surface area (Å²) in [5, 5.41) is 13.8. The highest BCUT2D eigenvalue weighted by molar-refractivity contribution is 9.10. The molecule has 2 rings (SSSR count). The Balaban J connectivity index is 2.16. The van der Waals surface area contributed by atoms with Crippen LogP contribution in [-0.4, -0.2) is 28.4 Å². The van der Waals surface area contributed by atoms with E-state index in [1.54, 1.807) is 18.3 Å². The van der Waals surface area contributed by atoms with E-state index < -0.39 is 0 Å². The summed E-state index contributed by atoms with van der Waals surface area (Å²) in [4.78, 5) is 8.44. The van der Waals surface area contributed by atoms with Crippen molar-refractivity contribution in [2.45, 2.75) is 13.8 Å². The largest absolute Gasteiger partial charge is 0.503 e. The summed E-state index contributed by atoms with van der Waals surface area (Å²) in [5.74, 6) is 0.863. The number of aryl methyl sites for hydroxylation is 2. The van der Waals surface area contributed by atoms with Crippen molar-refractivity contribution in [2.24, 2.45) is 5.10 Å². The molecule has 7 heteroatoms. The number of aromatic hydroxyl groups is 1. The summed E-state index contributed by atoms with van der Waals surface area (Å²) in [5.41, 5.74) is 5.27. The molecule has 1 aromatic heterocycles. The number of rotatable bonds is 4. The second kappa shape index (κ2) is 6.53. The van der Waals surface area contributed by atoms with E-state index in [1.807, 2.05) is 19.9 Å². The number of methoxy groups -OCH3 is 1. The first-order valence-corrected chi connectivity index (χ1v) is 6.96. The topological polar surface area (TPSA) is 79.6 Å². The number of ether oxygens (including phenoxy) is 1. The molecule has 0 saturated heterocycles. The lowest BCUT2D eigenvalue weighted by atomic mass is 10.2. The summed E-state index contributed by atoms with van der Waals surface area (Å²) >= 11 is 3.26. The maximum atomic E-state index is 9.73. The number of nitrogens with zero attached hydrogens (tertiary/aromatic N) is 3. The van der Waals surface area contributed by atoms with E-state index >= 15 is 0 Å². The van der Waals surface area contributed by atoms with Gasteiger partial charge in [-0.15, -0.1) is 0 Å². The number of hydrogen-bond donors (Lipinski definition) is 2. The molecule has 1 aromatic carbocycles. The van der Waals surface area contributed by atoms with Gasteiger partial charge in [-0.2, -0.15) is 5.10 Å². The Morgan fingerprint density at radius 2 is 1.90 bits per heavy atom. The Hall–Kier alpha value is -2.15. The van der Waals surface area contributed by atoms with Crippen LogP contribution in [0.25, 0.3) is 0 Å². The molecule has 0 aliphatic rings. The maximum Gasteiger partial charge on any atom is 0.243 e. The van der Waals surface area contributed by atoms with E-state index in [2.05, 4.69) is 36.4 Å². The molecule has 21 heavy (non-hydrogen) atoms. The van der Waals surface area contributed by atoms with Gasteiger partial charge in [-0.25, -0.2) is 15.4 Å². The average Bonchev–Trinajstić information content (AvgIpc) is 2.41. The van der Waals surface area contributed by atoms with E-state index in [4.69, 9.17) is 4.74 Å². The van der Waals surface area contributed by atoms with Crippen molar-refractivity contribution in [1.29, 1.82) is 0 Å². The lowest BCUT2D eigenvalue weighted by Gasteiger charge is -2.06. The van der Waals surface area contributed by atoms with Gasteiger partial charge in [0.05, 0.1) is 17.8 Å². The molecule has 0 aliphatic heterocycles. The minimum Gasteiger partial charge on any atom is -0.503 e. The van der Waals surface area contributed by atoms with E-state index in [0.29, 0.717) is 16.2 Å². The zero-order valence-electron chi connectivity index (χ0n) is 11.9. The Morgan fingerprint density at radius 3 is 2.52 bits per heavy atom. The number of nitrogens with one attached hydrogen (secondary N) is 1. The third-order valence-electron chi connectivity index (χ3n) is 2.63. The molecule has 0 aliphatic carbocycles. The first-order chi connectivity index (χ1) is 9.99. The maximum absolute atomic E-state index is 9.73. The lowest BCUT2D eigenvalue weighted by molar-refractivity contribution is 0.372. The van der Waals surface area contributed by atoms with Crippen molar-refractivity contribution >= 4 is 28.1 Å². The molecule has 6 nitrogen and oxygen atoms in total. The van der Waals surface area contributed by atoms with E-state index in [9.17, 15) is 5.11 Å². The molecule has 2 aromatic rings. The average molecular weight is 351 g/mol. The van der Waals surface area contributed by atoms with Gasteiger partial charge in [0.15, 0.2) is 11.5 Å². The zero-order chi connectivity index (χ0) is 15.4. The van der Waals surface area contributed by atoms with Crippen molar-refractivity contribution in [1.82, 2.24) is 9.97 Å². The summed E-state index contributed by atoms with van der Waals surface area (Å²) in [6, 6.07) is 5.29. The Morgan fingerprint density at radius 1 is 1.24 bits per heavy atom. The van der Waals surface area contributed by atoms with Crippen LogP contribution in [0, 0.1) is 13.8 Å². The number of hydrogen-bond acceptors (Lipinski definition) is 6. The van der Waals surface area contributed by atoms with Crippen LogP contribution in [0.5, 0.6) is 11.5 Å². The van der Waals surface area contributed by atoms with Crippen LogP contribution in [0.2, 0.25) is 0 Å². The smallest absolute Gasteiger partial charge is 0.243 e. The van der Waals surface area contributed by atoms with Gasteiger partial charge < -0.3 is 9.84 Å². The summed E-state index contributed by atoms with van der Waals surface area (Å²) in [6.45, 7) is 3.79. The van der Waals surface area contributed by atoms with Crippen LogP contribution in [0.1, 0.15) is 17.0 Å². The molecule has 0 bridgehead atoms. The van der Waals surface area contributed by atoms with Crippen LogP contribution in [-0.2, 0) is 0 Å². The molecule has 0 spiro atoms. The SMILES string of the molecule is COc1cc(C=NNc2nc(C)cc(C)n2)cc(Br)c1O. The fourth-order valence-corrected chi connectivity index (χ4v) is 2.22. The fraction of sp³-hybridized carbons (Fsp3) is 0.214. The molecule has 0 fully saturated rings. The minimum absolute atomic E-state index is 0.0558. The van der Waals surface area contributed by atoms with Gasteiger partial charge in [-0.05, 0) is 53.5 Å². The quantitative estimate of drug-likeness (QED) is 0.654. The normalized spacial score (nSPS) is 10.9. The Bertz CT molecular complexity index is 669.